The Morgan fingerprint density at radius 1 is 0.955 bits per heavy atom. The van der Waals surface area contributed by atoms with E-state index in [0.29, 0.717) is 12.6 Å². The van der Waals surface area contributed by atoms with Gasteiger partial charge >= 0.3 is 17.9 Å². The molecule has 1 fully saturated rings. The molecule has 0 atom stereocenters. The average Bonchev–Trinajstić information content (AvgIpc) is 2.90. The third-order valence-corrected chi connectivity index (χ3v) is 7.21. The molecule has 13 nitrogen and oxygen atoms in total. The molecule has 244 valence electrons. The molecule has 2 heterocycles. The Labute approximate surface area is 258 Å². The molecule has 3 rings (SSSR count). The number of carboxylic acids is 3. The predicted molar refractivity (Wildman–Crippen MR) is 161 cm³/mol. The zero-order chi connectivity index (χ0) is 33.1. The van der Waals surface area contributed by atoms with Gasteiger partial charge in [0.05, 0.1) is 26.6 Å². The first-order valence-electron chi connectivity index (χ1n) is 14.3. The molecular formula is C31H46N4O9. The van der Waals surface area contributed by atoms with Crippen molar-refractivity contribution in [2.75, 3.05) is 20.8 Å². The van der Waals surface area contributed by atoms with Gasteiger partial charge in [-0.2, -0.15) is 0 Å². The van der Waals surface area contributed by atoms with Crippen LogP contribution < -0.4 is 10.1 Å². The van der Waals surface area contributed by atoms with Crippen molar-refractivity contribution in [1.29, 1.82) is 0 Å². The fourth-order valence-electron chi connectivity index (χ4n) is 5.63. The molecule has 1 saturated heterocycles. The minimum atomic E-state index is -2.74. The van der Waals surface area contributed by atoms with Crippen molar-refractivity contribution in [3.8, 4) is 5.75 Å². The summed E-state index contributed by atoms with van der Waals surface area (Å²) in [4.78, 5) is 42.2. The van der Waals surface area contributed by atoms with Crippen LogP contribution in [0.3, 0.4) is 0 Å². The number of hydrogen-bond acceptors (Lipinski definition) is 10. The van der Waals surface area contributed by atoms with Crippen molar-refractivity contribution in [3.05, 3.63) is 53.6 Å². The second-order valence-corrected chi connectivity index (χ2v) is 12.4. The Balaban J connectivity index is 0.000000439. The van der Waals surface area contributed by atoms with Gasteiger partial charge in [0.1, 0.15) is 11.6 Å². The zero-order valence-corrected chi connectivity index (χ0v) is 26.4. The second-order valence-electron chi connectivity index (χ2n) is 12.4. The summed E-state index contributed by atoms with van der Waals surface area (Å²) in [6.45, 7) is 11.5. The summed E-state index contributed by atoms with van der Waals surface area (Å²) < 4.78 is 10.8. The lowest BCUT2D eigenvalue weighted by molar-refractivity contribution is -0.170. The minimum Gasteiger partial charge on any atom is -0.496 e. The molecule has 44 heavy (non-hydrogen) atoms. The molecule has 13 heteroatoms. The third-order valence-electron chi connectivity index (χ3n) is 7.21. The summed E-state index contributed by atoms with van der Waals surface area (Å²) in [5, 5.41) is 37.6. The van der Waals surface area contributed by atoms with Crippen LogP contribution in [0.15, 0.2) is 36.7 Å². The molecule has 2 aromatic rings. The molecule has 1 aliphatic heterocycles. The quantitative estimate of drug-likeness (QED) is 0.208. The second kappa shape index (κ2) is 15.9. The van der Waals surface area contributed by atoms with Gasteiger partial charge in [0, 0.05) is 67.3 Å². The number of aliphatic carboxylic acids is 3. The maximum absolute atomic E-state index is 10.3. The number of carbonyl (C=O) groups is 3. The molecule has 0 spiro atoms. The summed E-state index contributed by atoms with van der Waals surface area (Å²) in [5.41, 5.74) is -0.253. The molecule has 1 aromatic heterocycles. The van der Waals surface area contributed by atoms with Gasteiger partial charge in [-0.15, -0.1) is 0 Å². The van der Waals surface area contributed by atoms with Crippen LogP contribution in [0, 0.1) is 0 Å². The lowest BCUT2D eigenvalue weighted by atomic mass is 9.79. The highest BCUT2D eigenvalue weighted by molar-refractivity contribution is 5.88. The van der Waals surface area contributed by atoms with Gasteiger partial charge in [-0.3, -0.25) is 14.5 Å². The number of nitrogens with zero attached hydrogens (tertiary/aromatic N) is 3. The van der Waals surface area contributed by atoms with Crippen LogP contribution in [-0.4, -0.2) is 96.7 Å². The lowest BCUT2D eigenvalue weighted by Crippen LogP contribution is -2.62. The number of carboxylic acid groups (broad SMARTS) is 3. The molecule has 0 amide bonds. The molecule has 1 aromatic carbocycles. The van der Waals surface area contributed by atoms with E-state index in [1.54, 1.807) is 14.2 Å². The molecule has 0 aliphatic carbocycles. The smallest absolute Gasteiger partial charge is 0.336 e. The Bertz CT molecular complexity index is 1220. The predicted octanol–water partition coefficient (Wildman–Crippen LogP) is 2.74. The van der Waals surface area contributed by atoms with Gasteiger partial charge < -0.3 is 35.2 Å². The van der Waals surface area contributed by atoms with E-state index in [4.69, 9.17) is 29.9 Å². The number of rotatable bonds is 14. The van der Waals surface area contributed by atoms with Crippen molar-refractivity contribution >= 4 is 17.9 Å². The molecule has 0 saturated carbocycles. The van der Waals surface area contributed by atoms with Crippen LogP contribution in [0.5, 0.6) is 5.75 Å². The number of aromatic nitrogens is 2. The summed E-state index contributed by atoms with van der Waals surface area (Å²) in [7, 11) is 3.44. The molecule has 5 N–H and O–H groups in total. The first-order chi connectivity index (χ1) is 20.5. The van der Waals surface area contributed by atoms with Crippen LogP contribution >= 0.6 is 0 Å². The average molecular weight is 619 g/mol. The van der Waals surface area contributed by atoms with E-state index in [2.05, 4.69) is 60.0 Å². The summed E-state index contributed by atoms with van der Waals surface area (Å²) in [6.07, 6.45) is 4.54. The number of methoxy groups -OCH3 is 2. The first kappa shape index (κ1) is 36.5. The number of para-hydroxylation sites is 1. The van der Waals surface area contributed by atoms with E-state index in [0.717, 1.165) is 49.5 Å². The normalized spacial score (nSPS) is 16.1. The SMILES string of the molecule is COCCc1ncc(CN(Cc2ccccc2OC)C2CC(C)(C)NC(C)(C)C2)cn1.O=C(O)CC(O)(CC(=O)O)C(=O)O. The van der Waals surface area contributed by atoms with Gasteiger partial charge in [-0.25, -0.2) is 14.8 Å². The highest BCUT2D eigenvalue weighted by Gasteiger charge is 2.41. The van der Waals surface area contributed by atoms with Gasteiger partial charge in [0.15, 0.2) is 5.60 Å². The molecule has 0 unspecified atom stereocenters. The van der Waals surface area contributed by atoms with E-state index < -0.39 is 36.4 Å². The summed E-state index contributed by atoms with van der Waals surface area (Å²) in [5.74, 6) is -3.26. The standard InChI is InChI=1S/C25H38N4O2.C6H8O7/c1-24(2)13-21(14-25(3,4)28-24)29(18-20-9-7-8-10-22(20)31-6)17-19-15-26-23(27-16-19)11-12-30-5;7-3(8)1-6(13,5(11)12)2-4(9)10/h7-10,15-16,21,28H,11-14,17-18H2,1-6H3;13H,1-2H2,(H,7,8)(H,9,10)(H,11,12). The fourth-order valence-corrected chi connectivity index (χ4v) is 5.63. The van der Waals surface area contributed by atoms with E-state index >= 15 is 0 Å². The van der Waals surface area contributed by atoms with E-state index in [1.165, 1.54) is 5.56 Å². The fraction of sp³-hybridized carbons (Fsp3) is 0.581. The van der Waals surface area contributed by atoms with Crippen molar-refractivity contribution in [3.63, 3.8) is 0 Å². The summed E-state index contributed by atoms with van der Waals surface area (Å²) >= 11 is 0. The monoisotopic (exact) mass is 618 g/mol. The molecule has 0 bridgehead atoms. The number of aliphatic hydroxyl groups is 1. The first-order valence-corrected chi connectivity index (χ1v) is 14.3. The van der Waals surface area contributed by atoms with Crippen molar-refractivity contribution in [1.82, 2.24) is 20.2 Å². The molecular weight excluding hydrogens is 572 g/mol. The van der Waals surface area contributed by atoms with Gasteiger partial charge in [-0.1, -0.05) is 18.2 Å². The van der Waals surface area contributed by atoms with E-state index in [-0.39, 0.29) is 11.1 Å². The highest BCUT2D eigenvalue weighted by Crippen LogP contribution is 2.34. The summed E-state index contributed by atoms with van der Waals surface area (Å²) in [6, 6.07) is 8.74. The maximum atomic E-state index is 10.3. The maximum Gasteiger partial charge on any atom is 0.336 e. The Morgan fingerprint density at radius 2 is 1.50 bits per heavy atom. The third kappa shape index (κ3) is 11.8. The molecule has 0 radical (unpaired) electrons. The number of hydrogen-bond donors (Lipinski definition) is 5. The van der Waals surface area contributed by atoms with Crippen LogP contribution in [0.25, 0.3) is 0 Å². The van der Waals surface area contributed by atoms with Crippen LogP contribution in [0.2, 0.25) is 0 Å². The largest absolute Gasteiger partial charge is 0.496 e. The van der Waals surface area contributed by atoms with Crippen molar-refractivity contribution < 1.29 is 44.3 Å². The zero-order valence-electron chi connectivity index (χ0n) is 26.4. The van der Waals surface area contributed by atoms with Gasteiger partial charge in [-0.05, 0) is 46.6 Å². The van der Waals surface area contributed by atoms with Crippen LogP contribution in [0.1, 0.15) is 70.3 Å². The topological polar surface area (TPSA) is 192 Å². The highest BCUT2D eigenvalue weighted by atomic mass is 16.5. The number of nitrogens with one attached hydrogen (secondary N) is 1. The van der Waals surface area contributed by atoms with Crippen LogP contribution in [-0.2, 0) is 38.6 Å². The van der Waals surface area contributed by atoms with Gasteiger partial charge in [0.2, 0.25) is 0 Å². The Morgan fingerprint density at radius 3 is 1.98 bits per heavy atom. The lowest BCUT2D eigenvalue weighted by Gasteiger charge is -2.49. The van der Waals surface area contributed by atoms with Crippen LogP contribution in [0.4, 0.5) is 0 Å². The van der Waals surface area contributed by atoms with Gasteiger partial charge in [0.25, 0.3) is 0 Å². The minimum absolute atomic E-state index is 0.0753. The Kier molecular flexibility index (Phi) is 13.2. The number of piperidine rings is 1. The Hall–Kier alpha value is -3.65. The van der Waals surface area contributed by atoms with E-state index in [9.17, 15) is 14.4 Å². The number of benzene rings is 1. The number of ether oxygens (including phenoxy) is 2. The van der Waals surface area contributed by atoms with Crippen molar-refractivity contribution in [2.45, 2.75) is 95.6 Å². The molecule has 1 aliphatic rings. The van der Waals surface area contributed by atoms with E-state index in [1.807, 2.05) is 24.5 Å². The van der Waals surface area contributed by atoms with Crippen molar-refractivity contribution in [2.24, 2.45) is 0 Å².